The Morgan fingerprint density at radius 1 is 0.840 bits per heavy atom. The Hall–Kier alpha value is -2.79. The summed E-state index contributed by atoms with van der Waals surface area (Å²) in [6.45, 7) is 0. The Morgan fingerprint density at radius 2 is 1.64 bits per heavy atom. The van der Waals surface area contributed by atoms with E-state index in [1.165, 1.54) is 16.3 Å². The molecule has 0 radical (unpaired) electrons. The van der Waals surface area contributed by atoms with Gasteiger partial charge in [0.1, 0.15) is 5.75 Å². The molecule has 3 aromatic carbocycles. The summed E-state index contributed by atoms with van der Waals surface area (Å²) in [7, 11) is 0. The predicted molar refractivity (Wildman–Crippen MR) is 100 cm³/mol. The number of nitrogens with zero attached hydrogens (tertiary/aromatic N) is 2. The molecule has 0 spiro atoms. The van der Waals surface area contributed by atoms with Gasteiger partial charge in [0.2, 0.25) is 11.8 Å². The fraction of sp³-hybridized carbons (Fsp3) is 0.100. The van der Waals surface area contributed by atoms with Crippen molar-refractivity contribution in [1.29, 1.82) is 0 Å². The number of hydrogen-bond acceptors (Lipinski definition) is 5. The zero-order valence-corrected chi connectivity index (χ0v) is 14.2. The van der Waals surface area contributed by atoms with Gasteiger partial charge < -0.3 is 9.52 Å². The summed E-state index contributed by atoms with van der Waals surface area (Å²) in [5.41, 5.74) is 2.08. The van der Waals surface area contributed by atoms with Crippen molar-refractivity contribution in [3.05, 3.63) is 78.2 Å². The van der Waals surface area contributed by atoms with Crippen LogP contribution in [-0.4, -0.2) is 15.3 Å². The molecule has 1 aromatic heterocycles. The van der Waals surface area contributed by atoms with Gasteiger partial charge in [-0.05, 0) is 40.6 Å². The van der Waals surface area contributed by atoms with Crippen LogP contribution >= 0.6 is 11.8 Å². The quantitative estimate of drug-likeness (QED) is 0.548. The highest BCUT2D eigenvalue weighted by molar-refractivity contribution is 7.97. The van der Waals surface area contributed by atoms with Crippen LogP contribution in [0.1, 0.15) is 11.5 Å². The highest BCUT2D eigenvalue weighted by Crippen LogP contribution is 2.24. The monoisotopic (exact) mass is 348 g/mol. The Morgan fingerprint density at radius 3 is 2.48 bits per heavy atom. The second-order valence-corrected chi connectivity index (χ2v) is 6.71. The highest BCUT2D eigenvalue weighted by atomic mass is 32.2. The van der Waals surface area contributed by atoms with Crippen LogP contribution in [0.15, 0.2) is 71.1 Å². The van der Waals surface area contributed by atoms with E-state index in [-0.39, 0.29) is 5.75 Å². The van der Waals surface area contributed by atoms with Gasteiger partial charge in [-0.15, -0.1) is 22.0 Å². The number of phenolic OH excluding ortho intramolecular Hbond substituents is 1. The maximum absolute atomic E-state index is 9.33. The summed E-state index contributed by atoms with van der Waals surface area (Å²) in [6.07, 6.45) is 0. The van der Waals surface area contributed by atoms with E-state index < -0.39 is 0 Å². The molecule has 0 aliphatic carbocycles. The molecule has 4 rings (SSSR count). The number of phenols is 1. The number of thioether (sulfide) groups is 1. The lowest BCUT2D eigenvalue weighted by atomic mass is 10.1. The van der Waals surface area contributed by atoms with E-state index in [1.54, 1.807) is 36.0 Å². The number of hydrogen-bond donors (Lipinski definition) is 1. The van der Waals surface area contributed by atoms with Crippen LogP contribution in [0.3, 0.4) is 0 Å². The second kappa shape index (κ2) is 6.99. The fourth-order valence-corrected chi connectivity index (χ4v) is 3.43. The van der Waals surface area contributed by atoms with Crippen molar-refractivity contribution in [3.63, 3.8) is 0 Å². The molecule has 1 heterocycles. The maximum Gasteiger partial charge on any atom is 0.247 e. The summed E-state index contributed by atoms with van der Waals surface area (Å²) in [5.74, 6) is 2.85. The van der Waals surface area contributed by atoms with Crippen LogP contribution in [0, 0.1) is 0 Å². The van der Waals surface area contributed by atoms with Crippen LogP contribution in [0.4, 0.5) is 0 Å². The molecular formula is C20H16N2O2S. The molecule has 0 amide bonds. The SMILES string of the molecule is Oc1ccc(-c2nnc(CSCc3ccc4ccccc4c3)o2)cc1. The van der Waals surface area contributed by atoms with E-state index in [9.17, 15) is 5.11 Å². The first-order valence-electron chi connectivity index (χ1n) is 7.95. The van der Waals surface area contributed by atoms with Gasteiger partial charge in [-0.1, -0.05) is 42.5 Å². The van der Waals surface area contributed by atoms with Gasteiger partial charge in [-0.2, -0.15) is 0 Å². The van der Waals surface area contributed by atoms with E-state index in [1.807, 2.05) is 0 Å². The molecule has 1 N–H and O–H groups in total. The second-order valence-electron chi connectivity index (χ2n) is 5.72. The number of rotatable bonds is 5. The van der Waals surface area contributed by atoms with Gasteiger partial charge in [-0.3, -0.25) is 0 Å². The van der Waals surface area contributed by atoms with Crippen molar-refractivity contribution in [2.75, 3.05) is 0 Å². The van der Waals surface area contributed by atoms with E-state index in [0.717, 1.165) is 11.3 Å². The lowest BCUT2D eigenvalue weighted by Crippen LogP contribution is -1.84. The molecule has 0 fully saturated rings. The van der Waals surface area contributed by atoms with E-state index in [4.69, 9.17) is 4.42 Å². The summed E-state index contributed by atoms with van der Waals surface area (Å²) in [5, 5.41) is 20.0. The molecule has 0 saturated carbocycles. The zero-order chi connectivity index (χ0) is 17.1. The average molecular weight is 348 g/mol. The largest absolute Gasteiger partial charge is 0.508 e. The first-order valence-corrected chi connectivity index (χ1v) is 9.10. The third-order valence-electron chi connectivity index (χ3n) is 3.89. The molecule has 0 aliphatic heterocycles. The number of fused-ring (bicyclic) bond motifs is 1. The van der Waals surface area contributed by atoms with Crippen LogP contribution in [-0.2, 0) is 11.5 Å². The van der Waals surface area contributed by atoms with Crippen LogP contribution in [0.2, 0.25) is 0 Å². The van der Waals surface area contributed by atoms with Gasteiger partial charge in [0.05, 0.1) is 5.75 Å². The fourth-order valence-electron chi connectivity index (χ4n) is 2.62. The van der Waals surface area contributed by atoms with E-state index >= 15 is 0 Å². The minimum Gasteiger partial charge on any atom is -0.508 e. The standard InChI is InChI=1S/C20H16N2O2S/c23-18-9-7-16(8-10-18)20-22-21-19(24-20)13-25-12-14-5-6-15-3-1-2-4-17(15)11-14/h1-11,23H,12-13H2. The lowest BCUT2D eigenvalue weighted by molar-refractivity contribution is 0.475. The third kappa shape index (κ3) is 3.67. The van der Waals surface area contributed by atoms with Gasteiger partial charge in [-0.25, -0.2) is 0 Å². The molecule has 0 unspecified atom stereocenters. The molecule has 25 heavy (non-hydrogen) atoms. The summed E-state index contributed by atoms with van der Waals surface area (Å²) < 4.78 is 5.69. The first kappa shape index (κ1) is 15.7. The first-order chi connectivity index (χ1) is 12.3. The average Bonchev–Trinajstić information content (AvgIpc) is 3.11. The maximum atomic E-state index is 9.33. The normalized spacial score (nSPS) is 11.0. The molecule has 5 heteroatoms. The van der Waals surface area contributed by atoms with Crippen molar-refractivity contribution in [2.24, 2.45) is 0 Å². The van der Waals surface area contributed by atoms with Crippen molar-refractivity contribution in [2.45, 2.75) is 11.5 Å². The van der Waals surface area contributed by atoms with E-state index in [0.29, 0.717) is 17.5 Å². The van der Waals surface area contributed by atoms with Crippen molar-refractivity contribution in [1.82, 2.24) is 10.2 Å². The third-order valence-corrected chi connectivity index (χ3v) is 4.88. The van der Waals surface area contributed by atoms with Crippen LogP contribution in [0.25, 0.3) is 22.2 Å². The van der Waals surface area contributed by atoms with Crippen molar-refractivity contribution in [3.8, 4) is 17.2 Å². The topological polar surface area (TPSA) is 59.2 Å². The molecule has 4 aromatic rings. The Balaban J connectivity index is 1.39. The highest BCUT2D eigenvalue weighted by Gasteiger charge is 2.08. The summed E-state index contributed by atoms with van der Waals surface area (Å²) in [4.78, 5) is 0. The molecule has 0 atom stereocenters. The Labute approximate surface area is 149 Å². The van der Waals surface area contributed by atoms with Crippen LogP contribution in [0.5, 0.6) is 5.75 Å². The molecule has 0 aliphatic rings. The lowest BCUT2D eigenvalue weighted by Gasteiger charge is -2.03. The number of benzene rings is 3. The molecule has 4 nitrogen and oxygen atoms in total. The summed E-state index contributed by atoms with van der Waals surface area (Å²) >= 11 is 1.74. The molecule has 0 bridgehead atoms. The molecular weight excluding hydrogens is 332 g/mol. The Kier molecular flexibility index (Phi) is 4.39. The van der Waals surface area contributed by atoms with Gasteiger partial charge >= 0.3 is 0 Å². The minimum absolute atomic E-state index is 0.217. The van der Waals surface area contributed by atoms with Crippen LogP contribution < -0.4 is 0 Å². The summed E-state index contributed by atoms with van der Waals surface area (Å²) in [6, 6.07) is 21.6. The van der Waals surface area contributed by atoms with Gasteiger partial charge in [0, 0.05) is 11.3 Å². The van der Waals surface area contributed by atoms with Crippen molar-refractivity contribution < 1.29 is 9.52 Å². The predicted octanol–water partition coefficient (Wildman–Crippen LogP) is 5.03. The van der Waals surface area contributed by atoms with E-state index in [2.05, 4.69) is 52.7 Å². The smallest absolute Gasteiger partial charge is 0.247 e. The molecule has 0 saturated heterocycles. The zero-order valence-electron chi connectivity index (χ0n) is 13.4. The van der Waals surface area contributed by atoms with Gasteiger partial charge in [0.15, 0.2) is 0 Å². The van der Waals surface area contributed by atoms with Gasteiger partial charge in [0.25, 0.3) is 0 Å². The molecule has 124 valence electrons. The number of aromatic hydroxyl groups is 1. The van der Waals surface area contributed by atoms with Crippen molar-refractivity contribution >= 4 is 22.5 Å². The minimum atomic E-state index is 0.217. The Bertz CT molecular complexity index is 996. The number of aromatic nitrogens is 2.